The molecular weight excluding hydrogens is 476 g/mol. The first-order valence-electron chi connectivity index (χ1n) is 12.9. The van der Waals surface area contributed by atoms with E-state index in [1.807, 2.05) is 29.2 Å². The summed E-state index contributed by atoms with van der Waals surface area (Å²) in [4.78, 5) is 31.9. The average molecular weight is 511 g/mol. The Labute approximate surface area is 217 Å². The van der Waals surface area contributed by atoms with E-state index < -0.39 is 0 Å². The van der Waals surface area contributed by atoms with E-state index in [0.717, 1.165) is 68.5 Å². The first-order valence-corrected chi connectivity index (χ1v) is 13.2. The number of rotatable bonds is 11. The number of para-hydroxylation sites is 2. The number of piperidine rings is 1. The molecule has 192 valence electrons. The smallest absolute Gasteiger partial charge is 0.257 e. The minimum Gasteiger partial charge on any atom is -0.484 e. The fraction of sp³-hybridized carbons (Fsp3) is 0.464. The van der Waals surface area contributed by atoms with Gasteiger partial charge in [0.25, 0.3) is 5.91 Å². The van der Waals surface area contributed by atoms with Crippen LogP contribution in [0.25, 0.3) is 11.0 Å². The van der Waals surface area contributed by atoms with Gasteiger partial charge >= 0.3 is 0 Å². The van der Waals surface area contributed by atoms with E-state index in [0.29, 0.717) is 29.8 Å². The van der Waals surface area contributed by atoms with Crippen molar-refractivity contribution in [1.82, 2.24) is 19.8 Å². The molecule has 36 heavy (non-hydrogen) atoms. The van der Waals surface area contributed by atoms with E-state index in [1.165, 1.54) is 0 Å². The quantitative estimate of drug-likeness (QED) is 0.374. The SMILES string of the molecule is CC1CCN(C(=O)Cn2c(CCCCCNC(=O)COc3ccc(Cl)cc3)nc3ccccc32)CC1. The number of ether oxygens (including phenoxy) is 1. The summed E-state index contributed by atoms with van der Waals surface area (Å²) in [5.41, 5.74) is 1.94. The molecule has 1 aliphatic rings. The van der Waals surface area contributed by atoms with Crippen LogP contribution < -0.4 is 10.1 Å². The Bertz CT molecular complexity index is 1150. The molecule has 0 atom stereocenters. The predicted octanol–water partition coefficient (Wildman–Crippen LogP) is 4.86. The van der Waals surface area contributed by atoms with Crippen molar-refractivity contribution in [2.45, 2.75) is 52.0 Å². The van der Waals surface area contributed by atoms with Gasteiger partial charge in [-0.2, -0.15) is 0 Å². The second kappa shape index (κ2) is 12.8. The molecule has 2 heterocycles. The van der Waals surface area contributed by atoms with Crippen LogP contribution in [-0.2, 0) is 22.6 Å². The lowest BCUT2D eigenvalue weighted by atomic mass is 9.99. The number of hydrogen-bond donors (Lipinski definition) is 1. The average Bonchev–Trinajstić information content (AvgIpc) is 3.23. The number of carbonyl (C=O) groups is 2. The van der Waals surface area contributed by atoms with E-state index in [1.54, 1.807) is 24.3 Å². The van der Waals surface area contributed by atoms with Crippen molar-refractivity contribution in [3.63, 3.8) is 0 Å². The number of aryl methyl sites for hydroxylation is 1. The van der Waals surface area contributed by atoms with Crippen LogP contribution in [0.3, 0.4) is 0 Å². The molecular formula is C28H35ClN4O3. The summed E-state index contributed by atoms with van der Waals surface area (Å²) in [7, 11) is 0. The minimum atomic E-state index is -0.141. The number of hydrogen-bond acceptors (Lipinski definition) is 4. The number of halogens is 1. The van der Waals surface area contributed by atoms with E-state index in [2.05, 4.69) is 16.8 Å². The van der Waals surface area contributed by atoms with Crippen molar-refractivity contribution < 1.29 is 14.3 Å². The summed E-state index contributed by atoms with van der Waals surface area (Å²) >= 11 is 5.85. The van der Waals surface area contributed by atoms with Gasteiger partial charge in [-0.1, -0.05) is 37.1 Å². The molecule has 3 aromatic rings. The molecule has 2 aromatic carbocycles. The van der Waals surface area contributed by atoms with Crippen molar-refractivity contribution >= 4 is 34.4 Å². The Morgan fingerprint density at radius 1 is 1.06 bits per heavy atom. The zero-order chi connectivity index (χ0) is 25.3. The zero-order valence-electron chi connectivity index (χ0n) is 20.9. The number of carbonyl (C=O) groups excluding carboxylic acids is 2. The van der Waals surface area contributed by atoms with Crippen LogP contribution in [-0.4, -0.2) is 52.5 Å². The Hall–Kier alpha value is -3.06. The van der Waals surface area contributed by atoms with Gasteiger partial charge in [0.05, 0.1) is 11.0 Å². The number of nitrogens with zero attached hydrogens (tertiary/aromatic N) is 3. The molecule has 0 spiro atoms. The molecule has 0 unspecified atom stereocenters. The largest absolute Gasteiger partial charge is 0.484 e. The Balaban J connectivity index is 1.22. The molecule has 7 nitrogen and oxygen atoms in total. The molecule has 0 saturated carbocycles. The number of amides is 2. The van der Waals surface area contributed by atoms with Crippen molar-refractivity contribution in [2.75, 3.05) is 26.2 Å². The summed E-state index contributed by atoms with van der Waals surface area (Å²) in [6.07, 6.45) is 5.72. The van der Waals surface area contributed by atoms with Gasteiger partial charge < -0.3 is 19.5 Å². The summed E-state index contributed by atoms with van der Waals surface area (Å²) in [5, 5.41) is 3.53. The normalized spacial score (nSPS) is 14.2. The molecule has 1 N–H and O–H groups in total. The highest BCUT2D eigenvalue weighted by Crippen LogP contribution is 2.20. The molecule has 0 radical (unpaired) electrons. The number of imidazole rings is 1. The van der Waals surface area contributed by atoms with E-state index >= 15 is 0 Å². The lowest BCUT2D eigenvalue weighted by molar-refractivity contribution is -0.133. The van der Waals surface area contributed by atoms with Gasteiger partial charge in [-0.3, -0.25) is 9.59 Å². The number of aromatic nitrogens is 2. The van der Waals surface area contributed by atoms with Crippen molar-refractivity contribution in [2.24, 2.45) is 5.92 Å². The van der Waals surface area contributed by atoms with Crippen LogP contribution in [0.2, 0.25) is 5.02 Å². The molecule has 1 saturated heterocycles. The third-order valence-corrected chi connectivity index (χ3v) is 7.00. The molecule has 1 fully saturated rings. The highest BCUT2D eigenvalue weighted by atomic mass is 35.5. The molecule has 1 aromatic heterocycles. The zero-order valence-corrected chi connectivity index (χ0v) is 21.7. The second-order valence-corrected chi connectivity index (χ2v) is 10.0. The first kappa shape index (κ1) is 26.0. The van der Waals surface area contributed by atoms with Crippen LogP contribution in [0.15, 0.2) is 48.5 Å². The molecule has 0 bridgehead atoms. The predicted molar refractivity (Wildman–Crippen MR) is 142 cm³/mol. The van der Waals surface area contributed by atoms with E-state index in [-0.39, 0.29) is 18.4 Å². The minimum absolute atomic E-state index is 0.0182. The maximum atomic E-state index is 13.0. The maximum Gasteiger partial charge on any atom is 0.257 e. The number of nitrogens with one attached hydrogen (secondary N) is 1. The Morgan fingerprint density at radius 2 is 1.81 bits per heavy atom. The topological polar surface area (TPSA) is 76.5 Å². The summed E-state index contributed by atoms with van der Waals surface area (Å²) < 4.78 is 7.56. The Kier molecular flexibility index (Phi) is 9.23. The van der Waals surface area contributed by atoms with Gasteiger partial charge in [-0.05, 0) is 68.0 Å². The number of fused-ring (bicyclic) bond motifs is 1. The fourth-order valence-electron chi connectivity index (χ4n) is 4.53. The number of unbranched alkanes of at least 4 members (excludes halogenated alkanes) is 2. The first-order chi connectivity index (χ1) is 17.5. The third kappa shape index (κ3) is 7.23. The summed E-state index contributed by atoms with van der Waals surface area (Å²) in [5.74, 6) is 2.30. The third-order valence-electron chi connectivity index (χ3n) is 6.75. The van der Waals surface area contributed by atoms with Gasteiger partial charge in [0.2, 0.25) is 5.91 Å². The van der Waals surface area contributed by atoms with Crippen molar-refractivity contribution in [3.05, 3.63) is 59.4 Å². The van der Waals surface area contributed by atoms with Gasteiger partial charge in [-0.15, -0.1) is 0 Å². The van der Waals surface area contributed by atoms with Crippen molar-refractivity contribution in [3.8, 4) is 5.75 Å². The second-order valence-electron chi connectivity index (χ2n) is 9.57. The maximum absolute atomic E-state index is 13.0. The van der Waals surface area contributed by atoms with Crippen LogP contribution in [0.5, 0.6) is 5.75 Å². The Morgan fingerprint density at radius 3 is 2.58 bits per heavy atom. The molecule has 4 rings (SSSR count). The standard InChI is InChI=1S/C28H35ClN4O3/c1-21-14-17-32(18-15-21)28(35)19-33-25-8-5-4-7-24(25)31-26(33)9-3-2-6-16-30-27(34)20-36-23-12-10-22(29)11-13-23/h4-5,7-8,10-13,21H,2-3,6,9,14-20H2,1H3,(H,30,34). The lowest BCUT2D eigenvalue weighted by Gasteiger charge is -2.30. The fourth-order valence-corrected chi connectivity index (χ4v) is 4.66. The highest BCUT2D eigenvalue weighted by Gasteiger charge is 2.22. The molecule has 2 amide bonds. The van der Waals surface area contributed by atoms with Gasteiger partial charge in [0, 0.05) is 31.1 Å². The van der Waals surface area contributed by atoms with E-state index in [4.69, 9.17) is 21.3 Å². The molecule has 8 heteroatoms. The van der Waals surface area contributed by atoms with E-state index in [9.17, 15) is 9.59 Å². The summed E-state index contributed by atoms with van der Waals surface area (Å²) in [6.45, 7) is 4.87. The number of likely N-dealkylation sites (tertiary alicyclic amines) is 1. The van der Waals surface area contributed by atoms with Crippen LogP contribution in [0.1, 0.15) is 44.9 Å². The van der Waals surface area contributed by atoms with Crippen LogP contribution in [0.4, 0.5) is 0 Å². The number of benzene rings is 2. The monoisotopic (exact) mass is 510 g/mol. The summed E-state index contributed by atoms with van der Waals surface area (Å²) in [6, 6.07) is 15.0. The van der Waals surface area contributed by atoms with Crippen molar-refractivity contribution in [1.29, 1.82) is 0 Å². The van der Waals surface area contributed by atoms with Gasteiger partial charge in [0.15, 0.2) is 6.61 Å². The lowest BCUT2D eigenvalue weighted by Crippen LogP contribution is -2.39. The molecule has 1 aliphatic heterocycles. The van der Waals surface area contributed by atoms with Gasteiger partial charge in [-0.25, -0.2) is 4.98 Å². The highest BCUT2D eigenvalue weighted by molar-refractivity contribution is 6.30. The molecule has 0 aliphatic carbocycles. The van der Waals surface area contributed by atoms with Crippen LogP contribution >= 0.6 is 11.6 Å². The van der Waals surface area contributed by atoms with Crippen LogP contribution in [0, 0.1) is 5.92 Å². The van der Waals surface area contributed by atoms with Gasteiger partial charge in [0.1, 0.15) is 18.1 Å².